The Kier molecular flexibility index (Phi) is 3.87. The lowest BCUT2D eigenvalue weighted by Gasteiger charge is -2.35. The lowest BCUT2D eigenvalue weighted by atomic mass is 10.1. The maximum absolute atomic E-state index is 12.1. The van der Waals surface area contributed by atoms with Gasteiger partial charge >= 0.3 is 0 Å². The van der Waals surface area contributed by atoms with E-state index < -0.39 is 0 Å². The Bertz CT molecular complexity index is 540. The molecular formula is C14H22N4O2. The SMILES string of the molecule is CC(C)N1CCOC(c2nc3c(c(=O)[nH]2)CNCC3)C1. The standard InChI is InChI=1S/C14H22N4O2/c1-9(2)18-5-6-20-12(8-18)13-16-11-3-4-15-7-10(11)14(19)17-13/h9,12,15H,3-8H2,1-2H3,(H,16,17,19). The zero-order chi connectivity index (χ0) is 14.1. The molecule has 6 nitrogen and oxygen atoms in total. The molecule has 0 bridgehead atoms. The number of fused-ring (bicyclic) bond motifs is 1. The minimum atomic E-state index is -0.126. The lowest BCUT2D eigenvalue weighted by molar-refractivity contribution is -0.0445. The molecule has 2 aliphatic heterocycles. The number of nitrogens with zero attached hydrogens (tertiary/aromatic N) is 2. The lowest BCUT2D eigenvalue weighted by Crippen LogP contribution is -2.43. The van der Waals surface area contributed by atoms with Gasteiger partial charge in [-0.2, -0.15) is 0 Å². The third-order valence-corrected chi connectivity index (χ3v) is 4.09. The van der Waals surface area contributed by atoms with E-state index in [-0.39, 0.29) is 11.7 Å². The largest absolute Gasteiger partial charge is 0.368 e. The molecule has 1 aromatic rings. The molecule has 1 atom stereocenters. The van der Waals surface area contributed by atoms with Gasteiger partial charge in [-0.15, -0.1) is 0 Å². The monoisotopic (exact) mass is 278 g/mol. The second-order valence-electron chi connectivity index (χ2n) is 5.75. The van der Waals surface area contributed by atoms with Gasteiger partial charge < -0.3 is 15.0 Å². The van der Waals surface area contributed by atoms with Gasteiger partial charge in [-0.05, 0) is 13.8 Å². The predicted octanol–water partition coefficient (Wildman–Crippen LogP) is 0.197. The molecule has 2 aliphatic rings. The molecule has 110 valence electrons. The van der Waals surface area contributed by atoms with E-state index in [1.54, 1.807) is 0 Å². The van der Waals surface area contributed by atoms with Crippen LogP contribution in [0.25, 0.3) is 0 Å². The minimum Gasteiger partial charge on any atom is -0.368 e. The summed E-state index contributed by atoms with van der Waals surface area (Å²) in [5, 5.41) is 3.20. The quantitative estimate of drug-likeness (QED) is 0.808. The highest BCUT2D eigenvalue weighted by molar-refractivity contribution is 5.21. The Labute approximate surface area is 118 Å². The number of morpholine rings is 1. The Morgan fingerprint density at radius 3 is 3.10 bits per heavy atom. The molecule has 0 aliphatic carbocycles. The zero-order valence-electron chi connectivity index (χ0n) is 12.1. The average molecular weight is 278 g/mol. The molecular weight excluding hydrogens is 256 g/mol. The summed E-state index contributed by atoms with van der Waals surface area (Å²) >= 11 is 0. The third kappa shape index (κ3) is 2.63. The van der Waals surface area contributed by atoms with E-state index in [9.17, 15) is 4.79 Å². The van der Waals surface area contributed by atoms with Crippen molar-refractivity contribution in [3.8, 4) is 0 Å². The van der Waals surface area contributed by atoms with Gasteiger partial charge in [0.25, 0.3) is 5.56 Å². The molecule has 1 aromatic heterocycles. The van der Waals surface area contributed by atoms with Crippen LogP contribution in [-0.2, 0) is 17.7 Å². The molecule has 3 rings (SSSR count). The van der Waals surface area contributed by atoms with Gasteiger partial charge in [0.1, 0.15) is 11.9 Å². The molecule has 1 unspecified atom stereocenters. The number of ether oxygens (including phenoxy) is 1. The Balaban J connectivity index is 1.86. The van der Waals surface area contributed by atoms with E-state index in [1.807, 2.05) is 0 Å². The minimum absolute atomic E-state index is 0.0255. The van der Waals surface area contributed by atoms with E-state index >= 15 is 0 Å². The summed E-state index contributed by atoms with van der Waals surface area (Å²) < 4.78 is 5.80. The first-order valence-electron chi connectivity index (χ1n) is 7.33. The van der Waals surface area contributed by atoms with Crippen molar-refractivity contribution in [2.24, 2.45) is 0 Å². The van der Waals surface area contributed by atoms with Crippen LogP contribution in [0.5, 0.6) is 0 Å². The molecule has 6 heteroatoms. The summed E-state index contributed by atoms with van der Waals surface area (Å²) in [7, 11) is 0. The Morgan fingerprint density at radius 1 is 1.45 bits per heavy atom. The smallest absolute Gasteiger partial charge is 0.255 e. The third-order valence-electron chi connectivity index (χ3n) is 4.09. The van der Waals surface area contributed by atoms with Crippen LogP contribution in [0.3, 0.4) is 0 Å². The molecule has 1 fully saturated rings. The maximum Gasteiger partial charge on any atom is 0.255 e. The van der Waals surface area contributed by atoms with Gasteiger partial charge in [0.15, 0.2) is 0 Å². The van der Waals surface area contributed by atoms with E-state index in [1.165, 1.54) is 0 Å². The second-order valence-corrected chi connectivity index (χ2v) is 5.75. The van der Waals surface area contributed by atoms with Crippen molar-refractivity contribution < 1.29 is 4.74 Å². The van der Waals surface area contributed by atoms with Crippen LogP contribution < -0.4 is 10.9 Å². The molecule has 2 N–H and O–H groups in total. The number of aromatic nitrogens is 2. The van der Waals surface area contributed by atoms with Crippen LogP contribution in [0.1, 0.15) is 37.0 Å². The number of H-pyrrole nitrogens is 1. The predicted molar refractivity (Wildman–Crippen MR) is 75.7 cm³/mol. The van der Waals surface area contributed by atoms with Gasteiger partial charge in [-0.1, -0.05) is 0 Å². The fraction of sp³-hybridized carbons (Fsp3) is 0.714. The summed E-state index contributed by atoms with van der Waals surface area (Å²) in [4.78, 5) is 22.0. The summed E-state index contributed by atoms with van der Waals surface area (Å²) in [6.07, 6.45) is 0.686. The highest BCUT2D eigenvalue weighted by Crippen LogP contribution is 2.21. The normalized spacial score (nSPS) is 23.9. The summed E-state index contributed by atoms with van der Waals surface area (Å²) in [6, 6.07) is 0.481. The van der Waals surface area contributed by atoms with Crippen molar-refractivity contribution in [1.29, 1.82) is 0 Å². The fourth-order valence-electron chi connectivity index (χ4n) is 2.83. The summed E-state index contributed by atoms with van der Waals surface area (Å²) in [6.45, 7) is 8.26. The molecule has 3 heterocycles. The van der Waals surface area contributed by atoms with Crippen LogP contribution in [0, 0.1) is 0 Å². The molecule has 0 radical (unpaired) electrons. The van der Waals surface area contributed by atoms with E-state index in [0.29, 0.717) is 25.0 Å². The molecule has 20 heavy (non-hydrogen) atoms. The molecule has 0 spiro atoms. The Morgan fingerprint density at radius 2 is 2.30 bits per heavy atom. The number of rotatable bonds is 2. The summed E-state index contributed by atoms with van der Waals surface area (Å²) in [5.74, 6) is 0.681. The second kappa shape index (κ2) is 5.63. The van der Waals surface area contributed by atoms with Crippen molar-refractivity contribution in [3.05, 3.63) is 27.4 Å². The van der Waals surface area contributed by atoms with Crippen molar-refractivity contribution in [3.63, 3.8) is 0 Å². The number of hydrogen-bond acceptors (Lipinski definition) is 5. The molecule has 0 aromatic carbocycles. The highest BCUT2D eigenvalue weighted by atomic mass is 16.5. The maximum atomic E-state index is 12.1. The fourth-order valence-corrected chi connectivity index (χ4v) is 2.83. The molecule has 0 saturated carbocycles. The topological polar surface area (TPSA) is 70.2 Å². The van der Waals surface area contributed by atoms with Crippen LogP contribution in [0.15, 0.2) is 4.79 Å². The van der Waals surface area contributed by atoms with Crippen molar-refractivity contribution in [1.82, 2.24) is 20.2 Å². The van der Waals surface area contributed by atoms with Crippen molar-refractivity contribution in [2.75, 3.05) is 26.2 Å². The first kappa shape index (κ1) is 13.7. The van der Waals surface area contributed by atoms with E-state index in [0.717, 1.165) is 37.3 Å². The average Bonchev–Trinajstić information content (AvgIpc) is 2.47. The number of aromatic amines is 1. The van der Waals surface area contributed by atoms with Gasteiger partial charge in [-0.3, -0.25) is 9.69 Å². The van der Waals surface area contributed by atoms with E-state index in [4.69, 9.17) is 4.74 Å². The molecule has 0 amide bonds. The van der Waals surface area contributed by atoms with Crippen LogP contribution in [0.2, 0.25) is 0 Å². The van der Waals surface area contributed by atoms with Crippen LogP contribution >= 0.6 is 0 Å². The highest BCUT2D eigenvalue weighted by Gasteiger charge is 2.26. The first-order chi connectivity index (χ1) is 9.65. The van der Waals surface area contributed by atoms with Gasteiger partial charge in [0.05, 0.1) is 17.9 Å². The first-order valence-corrected chi connectivity index (χ1v) is 7.33. The van der Waals surface area contributed by atoms with Gasteiger partial charge in [0, 0.05) is 38.6 Å². The van der Waals surface area contributed by atoms with Crippen molar-refractivity contribution >= 4 is 0 Å². The van der Waals surface area contributed by atoms with E-state index in [2.05, 4.69) is 34.0 Å². The van der Waals surface area contributed by atoms with Crippen LogP contribution in [-0.4, -0.2) is 47.2 Å². The van der Waals surface area contributed by atoms with Crippen LogP contribution in [0.4, 0.5) is 0 Å². The summed E-state index contributed by atoms with van der Waals surface area (Å²) in [5.41, 5.74) is 1.67. The van der Waals surface area contributed by atoms with Gasteiger partial charge in [-0.25, -0.2) is 4.98 Å². The van der Waals surface area contributed by atoms with Crippen molar-refractivity contribution in [2.45, 2.75) is 39.0 Å². The Hall–Kier alpha value is -1.24. The molecule has 1 saturated heterocycles. The zero-order valence-corrected chi connectivity index (χ0v) is 12.1. The van der Waals surface area contributed by atoms with Gasteiger partial charge in [0.2, 0.25) is 0 Å². The number of hydrogen-bond donors (Lipinski definition) is 2. The number of nitrogens with one attached hydrogen (secondary N) is 2.